The van der Waals surface area contributed by atoms with Crippen LogP contribution in [-0.4, -0.2) is 49.9 Å². The van der Waals surface area contributed by atoms with Crippen LogP contribution in [0, 0.1) is 42.7 Å². The van der Waals surface area contributed by atoms with Crippen molar-refractivity contribution >= 4 is 17.8 Å². The number of nitrogens with zero attached hydrogens (tertiary/aromatic N) is 3. The fourth-order valence-electron chi connectivity index (χ4n) is 6.41. The molecule has 8 nitrogen and oxygen atoms in total. The quantitative estimate of drug-likeness (QED) is 0.454. The molecular formula is C30H32F2N4O4. The molecular weight excluding hydrogens is 518 g/mol. The second-order valence-corrected chi connectivity index (χ2v) is 11.6. The molecule has 1 aliphatic carbocycles. The van der Waals surface area contributed by atoms with Gasteiger partial charge in [0.15, 0.2) is 11.6 Å². The number of benzene rings is 2. The number of carbonyl (C=O) groups is 3. The molecule has 1 saturated carbocycles. The number of halogens is 2. The Morgan fingerprint density at radius 1 is 1.18 bits per heavy atom. The number of rotatable bonds is 7. The zero-order valence-corrected chi connectivity index (χ0v) is 23.0. The van der Waals surface area contributed by atoms with Crippen LogP contribution in [-0.2, 0) is 16.6 Å². The van der Waals surface area contributed by atoms with Crippen molar-refractivity contribution in [3.8, 4) is 11.1 Å². The average molecular weight is 551 g/mol. The minimum atomic E-state index is -1.36. The molecule has 1 aliphatic heterocycles. The highest BCUT2D eigenvalue weighted by molar-refractivity contribution is 5.97. The minimum Gasteiger partial charge on any atom is -0.481 e. The Labute approximate surface area is 231 Å². The Morgan fingerprint density at radius 2 is 1.85 bits per heavy atom. The van der Waals surface area contributed by atoms with Crippen molar-refractivity contribution in [1.29, 1.82) is 0 Å². The van der Waals surface area contributed by atoms with Crippen LogP contribution in [0.15, 0.2) is 42.9 Å². The maximum absolute atomic E-state index is 15.3. The third-order valence-electron chi connectivity index (χ3n) is 8.56. The van der Waals surface area contributed by atoms with Gasteiger partial charge in [0.2, 0.25) is 5.91 Å². The SMILES string of the molecule is Cc1cccc(C)c1-c1cc(F)c(F)c([C@H](CC(=O)O)NC(=O)[C@@H]2[C@@H]3[C@H](CN2C(=O)c2cn(C)cn2)C3(C)C)c1. The zero-order valence-electron chi connectivity index (χ0n) is 23.0. The van der Waals surface area contributed by atoms with E-state index in [9.17, 15) is 23.9 Å². The Morgan fingerprint density at radius 3 is 2.45 bits per heavy atom. The third kappa shape index (κ3) is 4.65. The van der Waals surface area contributed by atoms with Crippen molar-refractivity contribution in [3.63, 3.8) is 0 Å². The number of fused-ring (bicyclic) bond motifs is 1. The van der Waals surface area contributed by atoms with Gasteiger partial charge >= 0.3 is 5.97 Å². The fourth-order valence-corrected chi connectivity index (χ4v) is 6.41. The molecule has 1 saturated heterocycles. The summed E-state index contributed by atoms with van der Waals surface area (Å²) in [5, 5.41) is 12.3. The molecule has 1 aromatic heterocycles. The number of hydrogen-bond acceptors (Lipinski definition) is 4. The van der Waals surface area contributed by atoms with E-state index in [2.05, 4.69) is 10.3 Å². The van der Waals surface area contributed by atoms with Crippen LogP contribution in [0.4, 0.5) is 8.78 Å². The van der Waals surface area contributed by atoms with E-state index in [0.29, 0.717) is 17.7 Å². The van der Waals surface area contributed by atoms with Crippen molar-refractivity contribution in [2.75, 3.05) is 6.54 Å². The summed E-state index contributed by atoms with van der Waals surface area (Å²) in [6.07, 6.45) is 2.39. The van der Waals surface area contributed by atoms with Crippen LogP contribution in [0.3, 0.4) is 0 Å². The fraction of sp³-hybridized carbons (Fsp3) is 0.400. The number of aromatic nitrogens is 2. The van der Waals surface area contributed by atoms with Gasteiger partial charge in [0, 0.05) is 25.4 Å². The van der Waals surface area contributed by atoms with E-state index in [1.807, 2.05) is 45.9 Å². The monoisotopic (exact) mass is 550 g/mol. The van der Waals surface area contributed by atoms with Gasteiger partial charge in [-0.1, -0.05) is 32.0 Å². The lowest BCUT2D eigenvalue weighted by atomic mass is 9.92. The molecule has 0 unspecified atom stereocenters. The number of aliphatic carboxylic acids is 1. The Hall–Kier alpha value is -4.08. The predicted molar refractivity (Wildman–Crippen MR) is 143 cm³/mol. The molecule has 2 amide bonds. The number of aryl methyl sites for hydroxylation is 3. The molecule has 2 aliphatic rings. The smallest absolute Gasteiger partial charge is 0.305 e. The third-order valence-corrected chi connectivity index (χ3v) is 8.56. The molecule has 0 spiro atoms. The van der Waals surface area contributed by atoms with Crippen LogP contribution in [0.5, 0.6) is 0 Å². The first-order valence-electron chi connectivity index (χ1n) is 13.2. The summed E-state index contributed by atoms with van der Waals surface area (Å²) in [5.74, 6) is -4.75. The number of imidazole rings is 1. The van der Waals surface area contributed by atoms with E-state index in [4.69, 9.17) is 0 Å². The Kier molecular flexibility index (Phi) is 6.76. The summed E-state index contributed by atoms with van der Waals surface area (Å²) < 4.78 is 31.9. The van der Waals surface area contributed by atoms with Crippen molar-refractivity contribution in [2.45, 2.75) is 46.2 Å². The molecule has 210 valence electrons. The van der Waals surface area contributed by atoms with Crippen molar-refractivity contribution in [1.82, 2.24) is 19.8 Å². The number of hydrogen-bond donors (Lipinski definition) is 2. The average Bonchev–Trinajstić information content (AvgIpc) is 3.24. The van der Waals surface area contributed by atoms with Gasteiger partial charge < -0.3 is 19.9 Å². The zero-order chi connectivity index (χ0) is 29.1. The van der Waals surface area contributed by atoms with Gasteiger partial charge in [-0.05, 0) is 65.5 Å². The number of carbonyl (C=O) groups excluding carboxylic acids is 2. The molecule has 5 rings (SSSR count). The van der Waals surface area contributed by atoms with Gasteiger partial charge in [0.25, 0.3) is 5.91 Å². The van der Waals surface area contributed by atoms with Gasteiger partial charge in [0.05, 0.1) is 18.8 Å². The number of carboxylic acid groups (broad SMARTS) is 1. The number of carboxylic acids is 1. The number of piperidine rings is 1. The lowest BCUT2D eigenvalue weighted by molar-refractivity contribution is -0.138. The Balaban J connectivity index is 1.51. The highest BCUT2D eigenvalue weighted by atomic mass is 19.2. The molecule has 3 aromatic rings. The first-order chi connectivity index (χ1) is 18.8. The largest absolute Gasteiger partial charge is 0.481 e. The topological polar surface area (TPSA) is 105 Å². The lowest BCUT2D eigenvalue weighted by Gasteiger charge is -2.31. The van der Waals surface area contributed by atoms with Gasteiger partial charge in [-0.25, -0.2) is 13.8 Å². The maximum Gasteiger partial charge on any atom is 0.305 e. The number of amides is 2. The summed E-state index contributed by atoms with van der Waals surface area (Å²) in [6.45, 7) is 8.08. The predicted octanol–water partition coefficient (Wildman–Crippen LogP) is 4.41. The normalized spacial score (nSPS) is 21.6. The van der Waals surface area contributed by atoms with Gasteiger partial charge in [-0.15, -0.1) is 0 Å². The van der Waals surface area contributed by atoms with Crippen molar-refractivity contribution in [2.24, 2.45) is 24.3 Å². The molecule has 40 heavy (non-hydrogen) atoms. The standard InChI is InChI=1S/C30H32F2N4O4/c1-15-7-6-8-16(2)24(15)17-9-18(26(32)20(31)10-17)21(11-23(37)38)34-28(39)27-25-19(30(25,3)4)12-36(27)29(40)22-13-35(5)14-33-22/h6-10,13-14,19,21,25,27H,11-12H2,1-5H3,(H,34,39)(H,37,38)/t19-,21-,25-,27-/m0/s1. The van der Waals surface area contributed by atoms with E-state index in [-0.39, 0.29) is 28.5 Å². The summed E-state index contributed by atoms with van der Waals surface area (Å²) in [7, 11) is 1.73. The van der Waals surface area contributed by atoms with E-state index < -0.39 is 47.9 Å². The van der Waals surface area contributed by atoms with Crippen molar-refractivity contribution < 1.29 is 28.3 Å². The number of likely N-dealkylation sites (tertiary alicyclic amines) is 1. The summed E-state index contributed by atoms with van der Waals surface area (Å²) in [4.78, 5) is 44.5. The Bertz CT molecular complexity index is 1510. The van der Waals surface area contributed by atoms with Crippen LogP contribution in [0.25, 0.3) is 11.1 Å². The van der Waals surface area contributed by atoms with Crippen LogP contribution < -0.4 is 5.32 Å². The van der Waals surface area contributed by atoms with Gasteiger partial charge in [0.1, 0.15) is 11.7 Å². The lowest BCUT2D eigenvalue weighted by Crippen LogP contribution is -2.50. The van der Waals surface area contributed by atoms with Crippen molar-refractivity contribution in [3.05, 3.63) is 76.9 Å². The molecule has 2 N–H and O–H groups in total. The molecule has 2 aromatic carbocycles. The number of nitrogens with one attached hydrogen (secondary N) is 1. The summed E-state index contributed by atoms with van der Waals surface area (Å²) in [5.41, 5.74) is 2.49. The first kappa shape index (κ1) is 27.5. The molecule has 2 fully saturated rings. The van der Waals surface area contributed by atoms with Gasteiger partial charge in [-0.2, -0.15) is 0 Å². The first-order valence-corrected chi connectivity index (χ1v) is 13.2. The highest BCUT2D eigenvalue weighted by Gasteiger charge is 2.69. The molecule has 0 radical (unpaired) electrons. The van der Waals surface area contributed by atoms with E-state index in [1.54, 1.807) is 17.8 Å². The minimum absolute atomic E-state index is 0.0791. The highest BCUT2D eigenvalue weighted by Crippen LogP contribution is 2.65. The molecule has 4 atom stereocenters. The molecule has 10 heteroatoms. The van der Waals surface area contributed by atoms with E-state index in [0.717, 1.165) is 17.2 Å². The molecule has 2 heterocycles. The van der Waals surface area contributed by atoms with E-state index >= 15 is 4.39 Å². The maximum atomic E-state index is 15.3. The summed E-state index contributed by atoms with van der Waals surface area (Å²) in [6, 6.07) is 5.76. The second kappa shape index (κ2) is 9.83. The van der Waals surface area contributed by atoms with Gasteiger partial charge in [-0.3, -0.25) is 14.4 Å². The van der Waals surface area contributed by atoms with E-state index in [1.165, 1.54) is 17.3 Å². The van der Waals surface area contributed by atoms with Crippen LogP contribution in [0.1, 0.15) is 53.5 Å². The van der Waals surface area contributed by atoms with Crippen LogP contribution >= 0.6 is 0 Å². The second-order valence-electron chi connectivity index (χ2n) is 11.6. The van der Waals surface area contributed by atoms with Crippen LogP contribution in [0.2, 0.25) is 0 Å². The molecule has 0 bridgehead atoms. The summed E-state index contributed by atoms with van der Waals surface area (Å²) >= 11 is 0.